The van der Waals surface area contributed by atoms with E-state index in [1.165, 1.54) is 30.3 Å². The highest BCUT2D eigenvalue weighted by atomic mass is 32.2. The summed E-state index contributed by atoms with van der Waals surface area (Å²) < 4.78 is 0. The van der Waals surface area contributed by atoms with Crippen LogP contribution in [0.1, 0.15) is 31.7 Å². The lowest BCUT2D eigenvalue weighted by Crippen LogP contribution is -2.29. The molecule has 2 heterocycles. The van der Waals surface area contributed by atoms with Crippen molar-refractivity contribution < 1.29 is 4.79 Å². The molecule has 4 nitrogen and oxygen atoms in total. The van der Waals surface area contributed by atoms with Gasteiger partial charge in [-0.2, -0.15) is 0 Å². The molecule has 0 saturated carbocycles. The van der Waals surface area contributed by atoms with Crippen molar-refractivity contribution in [3.05, 3.63) is 65.1 Å². The molecule has 1 amide bonds. The predicted molar refractivity (Wildman–Crippen MR) is 119 cm³/mol. The summed E-state index contributed by atoms with van der Waals surface area (Å²) in [6.45, 7) is 5.04. The van der Waals surface area contributed by atoms with E-state index in [1.807, 2.05) is 36.4 Å². The minimum atomic E-state index is 0.0464. The molecule has 0 spiro atoms. The van der Waals surface area contributed by atoms with E-state index in [1.54, 1.807) is 4.90 Å². The van der Waals surface area contributed by atoms with Crippen LogP contribution in [0, 0.1) is 0 Å². The number of hydrogen-bond donors (Lipinski definition) is 0. The Labute approximate surface area is 171 Å². The molecule has 0 aromatic heterocycles. The smallest absolute Gasteiger partial charge is 0.266 e. The van der Waals surface area contributed by atoms with Crippen molar-refractivity contribution in [1.29, 1.82) is 0 Å². The van der Waals surface area contributed by atoms with Gasteiger partial charge < -0.3 is 4.90 Å². The summed E-state index contributed by atoms with van der Waals surface area (Å²) >= 11 is 1.46. The summed E-state index contributed by atoms with van der Waals surface area (Å²) in [6, 6.07) is 18.3. The average Bonchev–Trinajstić information content (AvgIpc) is 3.35. The minimum Gasteiger partial charge on any atom is -0.372 e. The number of amidine groups is 1. The van der Waals surface area contributed by atoms with Crippen molar-refractivity contribution in [3.8, 4) is 0 Å². The molecule has 2 aromatic carbocycles. The Kier molecular flexibility index (Phi) is 5.81. The van der Waals surface area contributed by atoms with Gasteiger partial charge in [0.05, 0.1) is 10.6 Å². The van der Waals surface area contributed by atoms with Gasteiger partial charge in [-0.1, -0.05) is 37.3 Å². The monoisotopic (exact) mass is 391 g/mol. The van der Waals surface area contributed by atoms with Gasteiger partial charge in [0.1, 0.15) is 0 Å². The molecule has 0 radical (unpaired) electrons. The van der Waals surface area contributed by atoms with Gasteiger partial charge in [-0.3, -0.25) is 9.69 Å². The van der Waals surface area contributed by atoms with Gasteiger partial charge in [-0.15, -0.1) is 0 Å². The molecule has 5 heteroatoms. The van der Waals surface area contributed by atoms with Crippen molar-refractivity contribution >= 4 is 40.3 Å². The third-order valence-electron chi connectivity index (χ3n) is 4.98. The van der Waals surface area contributed by atoms with Crippen LogP contribution in [0.5, 0.6) is 0 Å². The second-order valence-corrected chi connectivity index (χ2v) is 8.09. The second-order valence-electron chi connectivity index (χ2n) is 7.08. The molecule has 2 aliphatic rings. The first-order chi connectivity index (χ1) is 13.7. The SMILES string of the molecule is CCCN1C(=O)/C(=C/c2ccc(N3CCCC3)cc2)SC1=Nc1ccccc1. The largest absolute Gasteiger partial charge is 0.372 e. The van der Waals surface area contributed by atoms with Crippen LogP contribution >= 0.6 is 11.8 Å². The van der Waals surface area contributed by atoms with Crippen molar-refractivity contribution in [3.63, 3.8) is 0 Å². The number of benzene rings is 2. The van der Waals surface area contributed by atoms with E-state index in [2.05, 4.69) is 36.1 Å². The van der Waals surface area contributed by atoms with E-state index in [-0.39, 0.29) is 5.91 Å². The number of carbonyl (C=O) groups excluding carboxylic acids is 1. The number of nitrogens with zero attached hydrogens (tertiary/aromatic N) is 3. The molecule has 2 aromatic rings. The summed E-state index contributed by atoms with van der Waals surface area (Å²) in [5.41, 5.74) is 3.19. The van der Waals surface area contributed by atoms with Crippen LogP contribution < -0.4 is 4.90 Å². The number of rotatable bonds is 5. The molecule has 0 bridgehead atoms. The van der Waals surface area contributed by atoms with E-state index in [0.29, 0.717) is 6.54 Å². The first kappa shape index (κ1) is 18.8. The third kappa shape index (κ3) is 4.14. The Balaban J connectivity index is 1.57. The summed E-state index contributed by atoms with van der Waals surface area (Å²) in [4.78, 5) is 22.6. The zero-order chi connectivity index (χ0) is 19.3. The number of aliphatic imine (C=N–C) groups is 1. The highest BCUT2D eigenvalue weighted by molar-refractivity contribution is 8.18. The molecule has 28 heavy (non-hydrogen) atoms. The standard InChI is InChI=1S/C23H25N3OS/c1-2-14-26-22(27)21(28-23(26)24-19-8-4-3-5-9-19)17-18-10-12-20(13-11-18)25-15-6-7-16-25/h3-5,8-13,17H,2,6-7,14-16H2,1H3/b21-17-,24-23?. The molecule has 0 aliphatic carbocycles. The maximum absolute atomic E-state index is 12.9. The van der Waals surface area contributed by atoms with Crippen LogP contribution in [0.4, 0.5) is 11.4 Å². The van der Waals surface area contributed by atoms with Gasteiger partial charge >= 0.3 is 0 Å². The molecule has 2 fully saturated rings. The second kappa shape index (κ2) is 8.65. The molecule has 2 saturated heterocycles. The van der Waals surface area contributed by atoms with Crippen molar-refractivity contribution in [2.75, 3.05) is 24.5 Å². The number of carbonyl (C=O) groups is 1. The molecule has 0 unspecified atom stereocenters. The maximum Gasteiger partial charge on any atom is 0.266 e. The van der Waals surface area contributed by atoms with Crippen molar-refractivity contribution in [1.82, 2.24) is 4.90 Å². The van der Waals surface area contributed by atoms with E-state index in [9.17, 15) is 4.79 Å². The number of anilines is 1. The van der Waals surface area contributed by atoms with Gasteiger partial charge in [0.2, 0.25) is 0 Å². The van der Waals surface area contributed by atoms with Crippen LogP contribution in [0.3, 0.4) is 0 Å². The lowest BCUT2D eigenvalue weighted by Gasteiger charge is -2.17. The van der Waals surface area contributed by atoms with Crippen LogP contribution in [0.15, 0.2) is 64.5 Å². The lowest BCUT2D eigenvalue weighted by atomic mass is 10.2. The molecule has 0 N–H and O–H groups in total. The normalized spacial score (nSPS) is 20.0. The summed E-state index contributed by atoms with van der Waals surface area (Å²) in [6.07, 6.45) is 5.43. The maximum atomic E-state index is 12.9. The molecule has 2 aliphatic heterocycles. The minimum absolute atomic E-state index is 0.0464. The van der Waals surface area contributed by atoms with Gasteiger partial charge in [-0.05, 0) is 66.9 Å². The van der Waals surface area contributed by atoms with Crippen LogP contribution in [-0.4, -0.2) is 35.6 Å². The third-order valence-corrected chi connectivity index (χ3v) is 5.98. The number of amides is 1. The number of hydrogen-bond acceptors (Lipinski definition) is 4. The van der Waals surface area contributed by atoms with Gasteiger partial charge in [0.15, 0.2) is 5.17 Å². The fraction of sp³-hybridized carbons (Fsp3) is 0.304. The first-order valence-corrected chi connectivity index (χ1v) is 10.8. The zero-order valence-electron chi connectivity index (χ0n) is 16.2. The van der Waals surface area contributed by atoms with Crippen LogP contribution in [0.2, 0.25) is 0 Å². The van der Waals surface area contributed by atoms with Gasteiger partial charge in [0.25, 0.3) is 5.91 Å². The zero-order valence-corrected chi connectivity index (χ0v) is 17.0. The van der Waals surface area contributed by atoms with Gasteiger partial charge in [-0.25, -0.2) is 4.99 Å². The van der Waals surface area contributed by atoms with Crippen molar-refractivity contribution in [2.24, 2.45) is 4.99 Å². The molecule has 144 valence electrons. The Bertz CT molecular complexity index is 884. The first-order valence-electron chi connectivity index (χ1n) is 9.95. The Morgan fingerprint density at radius 1 is 1.04 bits per heavy atom. The van der Waals surface area contributed by atoms with Crippen LogP contribution in [0.25, 0.3) is 6.08 Å². The lowest BCUT2D eigenvalue weighted by molar-refractivity contribution is -0.122. The summed E-state index contributed by atoms with van der Waals surface area (Å²) in [5.74, 6) is 0.0464. The molecule has 4 rings (SSSR count). The molecule has 0 atom stereocenters. The Morgan fingerprint density at radius 2 is 1.75 bits per heavy atom. The molecular formula is C23H25N3OS. The predicted octanol–water partition coefficient (Wildman–Crippen LogP) is 5.30. The fourth-order valence-electron chi connectivity index (χ4n) is 3.53. The highest BCUT2D eigenvalue weighted by Crippen LogP contribution is 2.34. The Hall–Kier alpha value is -2.53. The summed E-state index contributed by atoms with van der Waals surface area (Å²) in [5, 5.41) is 0.762. The topological polar surface area (TPSA) is 35.9 Å². The highest BCUT2D eigenvalue weighted by Gasteiger charge is 2.32. The van der Waals surface area contributed by atoms with Crippen molar-refractivity contribution in [2.45, 2.75) is 26.2 Å². The van der Waals surface area contributed by atoms with E-state index in [0.717, 1.165) is 40.8 Å². The van der Waals surface area contributed by atoms with E-state index in [4.69, 9.17) is 4.99 Å². The Morgan fingerprint density at radius 3 is 2.43 bits per heavy atom. The van der Waals surface area contributed by atoms with Crippen LogP contribution in [-0.2, 0) is 4.79 Å². The number of thioether (sulfide) groups is 1. The summed E-state index contributed by atoms with van der Waals surface area (Å²) in [7, 11) is 0. The molecular weight excluding hydrogens is 366 g/mol. The number of para-hydroxylation sites is 1. The fourth-order valence-corrected chi connectivity index (χ4v) is 4.56. The van der Waals surface area contributed by atoms with E-state index >= 15 is 0 Å². The van der Waals surface area contributed by atoms with Gasteiger partial charge in [0, 0.05) is 25.3 Å². The quantitative estimate of drug-likeness (QED) is 0.649. The average molecular weight is 392 g/mol. The van der Waals surface area contributed by atoms with E-state index < -0.39 is 0 Å².